The van der Waals surface area contributed by atoms with Crippen LogP contribution in [-0.2, 0) is 0 Å². The molecule has 0 bridgehead atoms. The molecule has 0 aliphatic heterocycles. The van der Waals surface area contributed by atoms with Crippen LogP contribution in [0.3, 0.4) is 0 Å². The van der Waals surface area contributed by atoms with E-state index in [1.807, 2.05) is 31.2 Å². The number of nitrogens with two attached hydrogens (primary N) is 1. The van der Waals surface area contributed by atoms with E-state index >= 15 is 0 Å². The van der Waals surface area contributed by atoms with Gasteiger partial charge >= 0.3 is 5.97 Å². The van der Waals surface area contributed by atoms with Crippen molar-refractivity contribution in [3.8, 4) is 5.69 Å². The number of nitrogen functional groups attached to an aromatic ring is 1. The smallest absolute Gasteiger partial charge is 0.342 e. The Bertz CT molecular complexity index is 643. The van der Waals surface area contributed by atoms with Crippen molar-refractivity contribution in [2.75, 3.05) is 11.5 Å². The average Bonchev–Trinajstić information content (AvgIpc) is 2.74. The van der Waals surface area contributed by atoms with Crippen molar-refractivity contribution >= 4 is 39.5 Å². The quantitative estimate of drug-likeness (QED) is 0.803. The van der Waals surface area contributed by atoms with E-state index in [2.05, 4.69) is 21.0 Å². The number of thioether (sulfide) groups is 1. The van der Waals surface area contributed by atoms with Crippen molar-refractivity contribution in [2.24, 2.45) is 0 Å². The van der Waals surface area contributed by atoms with Crippen molar-refractivity contribution in [1.29, 1.82) is 0 Å². The number of carboxylic acid groups (broad SMARTS) is 1. The Morgan fingerprint density at radius 2 is 2.20 bits per heavy atom. The number of aromatic carboxylic acids is 1. The molecule has 1 aromatic carbocycles. The molecule has 20 heavy (non-hydrogen) atoms. The highest BCUT2D eigenvalue weighted by Crippen LogP contribution is 2.31. The highest BCUT2D eigenvalue weighted by molar-refractivity contribution is 9.10. The van der Waals surface area contributed by atoms with E-state index in [0.29, 0.717) is 5.03 Å². The molecule has 0 saturated heterocycles. The van der Waals surface area contributed by atoms with Gasteiger partial charge in [-0.1, -0.05) is 19.1 Å². The summed E-state index contributed by atoms with van der Waals surface area (Å²) in [5.74, 6) is -0.116. The second-order valence-corrected chi connectivity index (χ2v) is 6.02. The van der Waals surface area contributed by atoms with Gasteiger partial charge in [-0.25, -0.2) is 9.48 Å². The Morgan fingerprint density at radius 1 is 1.50 bits per heavy atom. The third-order valence-corrected chi connectivity index (χ3v) is 4.47. The maximum Gasteiger partial charge on any atom is 0.342 e. The number of hydrogen-bond acceptors (Lipinski definition) is 4. The van der Waals surface area contributed by atoms with Crippen molar-refractivity contribution in [3.05, 3.63) is 34.3 Å². The van der Waals surface area contributed by atoms with Crippen LogP contribution < -0.4 is 5.73 Å². The Labute approximate surface area is 129 Å². The molecule has 0 aliphatic rings. The third kappa shape index (κ3) is 2.83. The number of benzene rings is 1. The molecular formula is C13H14BrN3O2S. The van der Waals surface area contributed by atoms with Gasteiger partial charge in [0.05, 0.1) is 5.69 Å². The molecule has 1 heterocycles. The third-order valence-electron chi connectivity index (χ3n) is 2.63. The van der Waals surface area contributed by atoms with E-state index in [-0.39, 0.29) is 11.4 Å². The first-order valence-corrected chi connectivity index (χ1v) is 7.83. The van der Waals surface area contributed by atoms with Gasteiger partial charge in [0, 0.05) is 4.47 Å². The number of halogens is 1. The van der Waals surface area contributed by atoms with Crippen LogP contribution in [0.1, 0.15) is 23.7 Å². The van der Waals surface area contributed by atoms with Crippen LogP contribution in [0.15, 0.2) is 33.8 Å². The summed E-state index contributed by atoms with van der Waals surface area (Å²) in [6, 6.07) is 7.40. The van der Waals surface area contributed by atoms with Crippen LogP contribution in [0, 0.1) is 0 Å². The molecule has 0 radical (unpaired) electrons. The molecule has 5 nitrogen and oxygen atoms in total. The number of nitrogens with zero attached hydrogens (tertiary/aromatic N) is 2. The summed E-state index contributed by atoms with van der Waals surface area (Å²) in [5, 5.41) is 14.1. The number of anilines is 1. The molecule has 0 fully saturated rings. The molecule has 0 saturated carbocycles. The van der Waals surface area contributed by atoms with Gasteiger partial charge in [0.25, 0.3) is 0 Å². The summed E-state index contributed by atoms with van der Waals surface area (Å²) < 4.78 is 2.27. The molecule has 7 heteroatoms. The summed E-state index contributed by atoms with van der Waals surface area (Å²) in [5.41, 5.74) is 6.75. The van der Waals surface area contributed by atoms with E-state index in [1.165, 1.54) is 16.4 Å². The summed E-state index contributed by atoms with van der Waals surface area (Å²) in [7, 11) is 0. The van der Waals surface area contributed by atoms with Gasteiger partial charge in [-0.2, -0.15) is 5.10 Å². The largest absolute Gasteiger partial charge is 0.477 e. The molecule has 0 spiro atoms. The molecule has 0 unspecified atom stereocenters. The van der Waals surface area contributed by atoms with Gasteiger partial charge in [0.2, 0.25) is 0 Å². The standard InChI is InChI=1S/C13H14BrN3O2S/c1-2-7-20-12-10(13(18)19)11(15)17(16-12)9-6-4-3-5-8(9)14/h3-6H,2,7,15H2,1H3,(H,18,19). The molecule has 0 atom stereocenters. The van der Waals surface area contributed by atoms with Crippen LogP contribution in [0.25, 0.3) is 5.69 Å². The van der Waals surface area contributed by atoms with Crippen LogP contribution in [0.5, 0.6) is 0 Å². The fourth-order valence-electron chi connectivity index (χ4n) is 1.72. The maximum atomic E-state index is 11.4. The summed E-state index contributed by atoms with van der Waals surface area (Å²) >= 11 is 4.82. The Balaban J connectivity index is 2.55. The van der Waals surface area contributed by atoms with Crippen molar-refractivity contribution in [1.82, 2.24) is 9.78 Å². The lowest BCUT2D eigenvalue weighted by molar-refractivity contribution is 0.0694. The number of hydrogen-bond donors (Lipinski definition) is 2. The van der Waals surface area contributed by atoms with E-state index in [1.54, 1.807) is 0 Å². The average molecular weight is 356 g/mol. The zero-order valence-electron chi connectivity index (χ0n) is 10.8. The predicted octanol–water partition coefficient (Wildman–Crippen LogP) is 3.42. The van der Waals surface area contributed by atoms with E-state index in [0.717, 1.165) is 22.3 Å². The zero-order valence-corrected chi connectivity index (χ0v) is 13.2. The first-order chi connectivity index (χ1) is 9.56. The SMILES string of the molecule is CCCSc1nn(-c2ccccc2Br)c(N)c1C(=O)O. The molecule has 2 aromatic rings. The lowest BCUT2D eigenvalue weighted by Crippen LogP contribution is -2.06. The van der Waals surface area contributed by atoms with E-state index < -0.39 is 5.97 Å². The molecule has 0 amide bonds. The highest BCUT2D eigenvalue weighted by atomic mass is 79.9. The molecule has 106 valence electrons. The Kier molecular flexibility index (Phi) is 4.72. The number of aromatic nitrogens is 2. The van der Waals surface area contributed by atoms with Crippen LogP contribution in [-0.4, -0.2) is 26.6 Å². The highest BCUT2D eigenvalue weighted by Gasteiger charge is 2.23. The minimum absolute atomic E-state index is 0.0687. The number of carboxylic acids is 1. The second kappa shape index (κ2) is 6.32. The Hall–Kier alpha value is -1.47. The maximum absolute atomic E-state index is 11.4. The molecule has 0 aliphatic carbocycles. The van der Waals surface area contributed by atoms with Gasteiger partial charge in [-0.3, -0.25) is 0 Å². The van der Waals surface area contributed by atoms with Gasteiger partial charge < -0.3 is 10.8 Å². The minimum atomic E-state index is -1.06. The molecule has 3 N–H and O–H groups in total. The number of para-hydroxylation sites is 1. The van der Waals surface area contributed by atoms with Crippen LogP contribution in [0.4, 0.5) is 5.82 Å². The van der Waals surface area contributed by atoms with E-state index in [9.17, 15) is 9.90 Å². The molecule has 2 rings (SSSR count). The first-order valence-electron chi connectivity index (χ1n) is 6.05. The lowest BCUT2D eigenvalue weighted by Gasteiger charge is -2.05. The van der Waals surface area contributed by atoms with Crippen molar-refractivity contribution in [2.45, 2.75) is 18.4 Å². The van der Waals surface area contributed by atoms with Crippen molar-refractivity contribution < 1.29 is 9.90 Å². The number of carbonyl (C=O) groups is 1. The summed E-state index contributed by atoms with van der Waals surface area (Å²) in [4.78, 5) is 11.4. The minimum Gasteiger partial charge on any atom is -0.477 e. The molecular weight excluding hydrogens is 342 g/mol. The van der Waals surface area contributed by atoms with Gasteiger partial charge in [0.1, 0.15) is 16.4 Å². The summed E-state index contributed by atoms with van der Waals surface area (Å²) in [6.45, 7) is 2.03. The predicted molar refractivity (Wildman–Crippen MR) is 83.7 cm³/mol. The topological polar surface area (TPSA) is 81.1 Å². The monoisotopic (exact) mass is 355 g/mol. The van der Waals surface area contributed by atoms with E-state index in [4.69, 9.17) is 5.73 Å². The normalized spacial score (nSPS) is 10.7. The van der Waals surface area contributed by atoms with Crippen LogP contribution >= 0.6 is 27.7 Å². The fourth-order valence-corrected chi connectivity index (χ4v) is 3.04. The van der Waals surface area contributed by atoms with Crippen LogP contribution in [0.2, 0.25) is 0 Å². The van der Waals surface area contributed by atoms with Gasteiger partial charge in [-0.15, -0.1) is 11.8 Å². The second-order valence-electron chi connectivity index (χ2n) is 4.08. The Morgan fingerprint density at radius 3 is 2.80 bits per heavy atom. The van der Waals surface area contributed by atoms with Gasteiger partial charge in [0.15, 0.2) is 0 Å². The fraction of sp³-hybridized carbons (Fsp3) is 0.231. The first kappa shape index (κ1) is 14.9. The summed E-state index contributed by atoms with van der Waals surface area (Å²) in [6.07, 6.45) is 0.936. The van der Waals surface area contributed by atoms with Crippen molar-refractivity contribution in [3.63, 3.8) is 0 Å². The lowest BCUT2D eigenvalue weighted by atomic mass is 10.3. The number of rotatable bonds is 5. The molecule has 1 aromatic heterocycles. The van der Waals surface area contributed by atoms with Gasteiger partial charge in [-0.05, 0) is 40.2 Å². The zero-order chi connectivity index (χ0) is 14.7.